The molecule has 0 radical (unpaired) electrons. The number of sulfonamides is 1. The highest BCUT2D eigenvalue weighted by molar-refractivity contribution is 9.10. The number of hydrogen-bond acceptors (Lipinski definition) is 2. The minimum absolute atomic E-state index is 0.0416. The molecule has 0 saturated heterocycles. The van der Waals surface area contributed by atoms with Crippen LogP contribution in [0.25, 0.3) is 0 Å². The van der Waals surface area contributed by atoms with Crippen LogP contribution in [-0.2, 0) is 10.0 Å². The minimum atomic E-state index is -3.44. The van der Waals surface area contributed by atoms with Crippen molar-refractivity contribution in [2.24, 2.45) is 16.7 Å². The second-order valence-electron chi connectivity index (χ2n) is 7.24. The standard InChI is InChI=1S/C16H22BrNO2S/c1-15(2)11-8-9-16(15,3)14(10-11)18-21(19,20)13-6-4-12(17)5-7-13/h4-7,11,14,18H,8-10H2,1-3H3. The van der Waals surface area contributed by atoms with Crippen molar-refractivity contribution in [3.63, 3.8) is 0 Å². The molecule has 0 heterocycles. The van der Waals surface area contributed by atoms with Gasteiger partial charge >= 0.3 is 0 Å². The molecule has 1 aromatic rings. The molecule has 2 fully saturated rings. The van der Waals surface area contributed by atoms with Crippen LogP contribution in [-0.4, -0.2) is 14.5 Å². The van der Waals surface area contributed by atoms with Crippen molar-refractivity contribution >= 4 is 26.0 Å². The monoisotopic (exact) mass is 371 g/mol. The zero-order valence-electron chi connectivity index (χ0n) is 12.7. The van der Waals surface area contributed by atoms with Gasteiger partial charge < -0.3 is 0 Å². The summed E-state index contributed by atoms with van der Waals surface area (Å²) in [5.74, 6) is 0.625. The third-order valence-electron chi connectivity index (χ3n) is 6.22. The SMILES string of the molecule is CC1(C)C2CCC1(C)C(NS(=O)(=O)c1ccc(Br)cc1)C2. The van der Waals surface area contributed by atoms with Crippen LogP contribution in [0.1, 0.15) is 40.0 Å². The Bertz CT molecular complexity index is 653. The van der Waals surface area contributed by atoms with Gasteiger partial charge in [0.1, 0.15) is 0 Å². The van der Waals surface area contributed by atoms with Crippen LogP contribution in [0.5, 0.6) is 0 Å². The summed E-state index contributed by atoms with van der Waals surface area (Å²) in [4.78, 5) is 0.342. The average molecular weight is 372 g/mol. The predicted octanol–water partition coefficient (Wildman–Crippen LogP) is 3.94. The lowest BCUT2D eigenvalue weighted by Crippen LogP contribution is -2.46. The van der Waals surface area contributed by atoms with Crippen LogP contribution in [0.2, 0.25) is 0 Å². The van der Waals surface area contributed by atoms with Gasteiger partial charge in [-0.3, -0.25) is 0 Å². The molecule has 0 amide bonds. The summed E-state index contributed by atoms with van der Waals surface area (Å²) >= 11 is 3.34. The molecule has 0 spiro atoms. The molecule has 5 heteroatoms. The van der Waals surface area contributed by atoms with E-state index in [1.165, 1.54) is 6.42 Å². The molecule has 3 rings (SSSR count). The Labute approximate surface area is 135 Å². The molecule has 0 aliphatic heterocycles. The van der Waals surface area contributed by atoms with Crippen molar-refractivity contribution in [1.29, 1.82) is 0 Å². The maximum atomic E-state index is 12.6. The van der Waals surface area contributed by atoms with Gasteiger partial charge in [0.15, 0.2) is 0 Å². The fourth-order valence-corrected chi connectivity index (χ4v) is 5.88. The Balaban J connectivity index is 1.86. The van der Waals surface area contributed by atoms with Gasteiger partial charge in [-0.25, -0.2) is 13.1 Å². The molecule has 3 nitrogen and oxygen atoms in total. The number of rotatable bonds is 3. The molecule has 2 aliphatic rings. The van der Waals surface area contributed by atoms with E-state index in [0.29, 0.717) is 10.8 Å². The van der Waals surface area contributed by atoms with E-state index in [4.69, 9.17) is 0 Å². The van der Waals surface area contributed by atoms with Crippen LogP contribution in [0.15, 0.2) is 33.6 Å². The zero-order valence-corrected chi connectivity index (χ0v) is 15.1. The number of nitrogens with one attached hydrogen (secondary N) is 1. The molecule has 2 aliphatic carbocycles. The van der Waals surface area contributed by atoms with Crippen molar-refractivity contribution in [2.75, 3.05) is 0 Å². The van der Waals surface area contributed by atoms with Crippen molar-refractivity contribution in [3.8, 4) is 0 Å². The molecule has 3 unspecified atom stereocenters. The average Bonchev–Trinajstić information content (AvgIpc) is 2.72. The Kier molecular flexibility index (Phi) is 3.54. The molecule has 0 aromatic heterocycles. The predicted molar refractivity (Wildman–Crippen MR) is 87.5 cm³/mol. The van der Waals surface area contributed by atoms with Gasteiger partial charge in [0.2, 0.25) is 10.0 Å². The van der Waals surface area contributed by atoms with Crippen molar-refractivity contribution in [2.45, 2.75) is 51.0 Å². The molecule has 2 bridgehead atoms. The van der Waals surface area contributed by atoms with E-state index < -0.39 is 10.0 Å². The van der Waals surface area contributed by atoms with Gasteiger partial charge in [-0.15, -0.1) is 0 Å². The summed E-state index contributed by atoms with van der Waals surface area (Å²) in [6.07, 6.45) is 3.29. The van der Waals surface area contributed by atoms with Gasteiger partial charge in [0.05, 0.1) is 4.90 Å². The van der Waals surface area contributed by atoms with Gasteiger partial charge in [0, 0.05) is 10.5 Å². The minimum Gasteiger partial charge on any atom is -0.207 e. The first-order chi connectivity index (χ1) is 9.67. The molecule has 2 saturated carbocycles. The third kappa shape index (κ3) is 2.28. The van der Waals surface area contributed by atoms with Crippen molar-refractivity contribution in [1.82, 2.24) is 4.72 Å². The van der Waals surface area contributed by atoms with Crippen LogP contribution < -0.4 is 4.72 Å². The fourth-order valence-electron chi connectivity index (χ4n) is 4.25. The Morgan fingerprint density at radius 1 is 1.19 bits per heavy atom. The number of fused-ring (bicyclic) bond motifs is 2. The van der Waals surface area contributed by atoms with Crippen molar-refractivity contribution in [3.05, 3.63) is 28.7 Å². The summed E-state index contributed by atoms with van der Waals surface area (Å²) in [5.41, 5.74) is 0.264. The van der Waals surface area contributed by atoms with E-state index in [9.17, 15) is 8.42 Å². The summed E-state index contributed by atoms with van der Waals surface area (Å²) in [5, 5.41) is 0. The first-order valence-corrected chi connectivity index (χ1v) is 9.72. The lowest BCUT2D eigenvalue weighted by molar-refractivity contribution is 0.130. The molecule has 3 atom stereocenters. The molecule has 21 heavy (non-hydrogen) atoms. The van der Waals surface area contributed by atoms with E-state index in [1.807, 2.05) is 0 Å². The number of benzene rings is 1. The second kappa shape index (κ2) is 4.80. The molecular weight excluding hydrogens is 350 g/mol. The quantitative estimate of drug-likeness (QED) is 0.874. The molecule has 1 aromatic carbocycles. The summed E-state index contributed by atoms with van der Waals surface area (Å²) in [6, 6.07) is 6.86. The molecule has 116 valence electrons. The third-order valence-corrected chi connectivity index (χ3v) is 8.23. The summed E-state index contributed by atoms with van der Waals surface area (Å²) in [7, 11) is -3.44. The van der Waals surface area contributed by atoms with E-state index >= 15 is 0 Å². The normalized spacial score (nSPS) is 34.3. The van der Waals surface area contributed by atoms with E-state index in [-0.39, 0.29) is 16.9 Å². The fraction of sp³-hybridized carbons (Fsp3) is 0.625. The zero-order chi connectivity index (χ0) is 15.5. The maximum absolute atomic E-state index is 12.6. The van der Waals surface area contributed by atoms with Crippen LogP contribution in [0.3, 0.4) is 0 Å². The lowest BCUT2D eigenvalue weighted by Gasteiger charge is -2.39. The van der Waals surface area contributed by atoms with Crippen LogP contribution in [0.4, 0.5) is 0 Å². The van der Waals surface area contributed by atoms with Crippen molar-refractivity contribution < 1.29 is 8.42 Å². The van der Waals surface area contributed by atoms with Crippen LogP contribution >= 0.6 is 15.9 Å². The lowest BCUT2D eigenvalue weighted by atomic mass is 9.69. The van der Waals surface area contributed by atoms with E-state index in [1.54, 1.807) is 24.3 Å². The number of hydrogen-bond donors (Lipinski definition) is 1. The summed E-state index contributed by atoms with van der Waals surface area (Å²) < 4.78 is 29.1. The van der Waals surface area contributed by atoms with Gasteiger partial charge in [-0.05, 0) is 60.3 Å². The van der Waals surface area contributed by atoms with E-state index in [0.717, 1.165) is 17.3 Å². The Morgan fingerprint density at radius 2 is 1.81 bits per heavy atom. The van der Waals surface area contributed by atoms with Gasteiger partial charge in [0.25, 0.3) is 0 Å². The highest BCUT2D eigenvalue weighted by atomic mass is 79.9. The number of halogens is 1. The smallest absolute Gasteiger partial charge is 0.207 e. The largest absolute Gasteiger partial charge is 0.240 e. The van der Waals surface area contributed by atoms with E-state index in [2.05, 4.69) is 41.4 Å². The maximum Gasteiger partial charge on any atom is 0.240 e. The second-order valence-corrected chi connectivity index (χ2v) is 9.87. The Hall–Kier alpha value is -0.390. The highest BCUT2D eigenvalue weighted by Gasteiger charge is 2.61. The van der Waals surface area contributed by atoms with Gasteiger partial charge in [-0.1, -0.05) is 36.7 Å². The first-order valence-electron chi connectivity index (χ1n) is 7.45. The van der Waals surface area contributed by atoms with Crippen LogP contribution in [0, 0.1) is 16.7 Å². The highest BCUT2D eigenvalue weighted by Crippen LogP contribution is 2.65. The van der Waals surface area contributed by atoms with Gasteiger partial charge in [-0.2, -0.15) is 0 Å². The summed E-state index contributed by atoms with van der Waals surface area (Å²) in [6.45, 7) is 6.83. The molecule has 1 N–H and O–H groups in total. The molecular formula is C16H22BrNO2S. The topological polar surface area (TPSA) is 46.2 Å². The Morgan fingerprint density at radius 3 is 2.29 bits per heavy atom. The first kappa shape index (κ1) is 15.5.